The van der Waals surface area contributed by atoms with Gasteiger partial charge in [0.15, 0.2) is 0 Å². The van der Waals surface area contributed by atoms with Crippen molar-refractivity contribution in [1.82, 2.24) is 4.98 Å². The number of hydrogen-bond acceptors (Lipinski definition) is 1. The molecular weight excluding hydrogens is 314 g/mol. The van der Waals surface area contributed by atoms with Crippen LogP contribution in [0, 0.1) is 6.92 Å². The summed E-state index contributed by atoms with van der Waals surface area (Å²) in [5.41, 5.74) is 7.49. The summed E-state index contributed by atoms with van der Waals surface area (Å²) in [6.07, 6.45) is 4.23. The topological polar surface area (TPSA) is 12.9 Å². The van der Waals surface area contributed by atoms with Crippen molar-refractivity contribution < 1.29 is 0 Å². The second-order valence-corrected chi connectivity index (χ2v) is 6.81. The van der Waals surface area contributed by atoms with E-state index >= 15 is 0 Å². The van der Waals surface area contributed by atoms with E-state index in [4.69, 9.17) is 4.98 Å². The minimum atomic E-state index is 1.06. The summed E-state index contributed by atoms with van der Waals surface area (Å²) >= 11 is 0. The molecule has 0 aliphatic carbocycles. The molecule has 1 nitrogen and oxygen atoms in total. The second kappa shape index (κ2) is 7.13. The lowest BCUT2D eigenvalue weighted by Gasteiger charge is -2.13. The molecule has 4 rings (SSSR count). The number of aromatic nitrogens is 1. The Morgan fingerprint density at radius 1 is 0.769 bits per heavy atom. The van der Waals surface area contributed by atoms with Crippen LogP contribution < -0.4 is 0 Å². The molecule has 1 heterocycles. The molecule has 1 heteroatoms. The molecule has 0 bridgehead atoms. The van der Waals surface area contributed by atoms with Gasteiger partial charge in [-0.25, -0.2) is 0 Å². The molecule has 0 aliphatic heterocycles. The Labute approximate surface area is 155 Å². The predicted molar refractivity (Wildman–Crippen MR) is 111 cm³/mol. The molecule has 0 N–H and O–H groups in total. The van der Waals surface area contributed by atoms with E-state index < -0.39 is 0 Å². The third kappa shape index (κ3) is 3.01. The van der Waals surface area contributed by atoms with Crippen LogP contribution in [-0.2, 0) is 6.42 Å². The van der Waals surface area contributed by atoms with Crippen LogP contribution in [0.1, 0.15) is 24.5 Å². The Kier molecular flexibility index (Phi) is 4.53. The Bertz CT molecular complexity index is 1040. The minimum absolute atomic E-state index is 1.06. The van der Waals surface area contributed by atoms with E-state index in [1.54, 1.807) is 0 Å². The molecule has 1 aromatic heterocycles. The molecule has 0 unspecified atom stereocenters. The van der Waals surface area contributed by atoms with Crippen molar-refractivity contribution >= 4 is 10.8 Å². The van der Waals surface area contributed by atoms with E-state index in [1.165, 1.54) is 45.0 Å². The van der Waals surface area contributed by atoms with Crippen LogP contribution in [0.2, 0.25) is 0 Å². The van der Waals surface area contributed by atoms with Crippen molar-refractivity contribution in [1.29, 1.82) is 0 Å². The highest BCUT2D eigenvalue weighted by molar-refractivity contribution is 5.96. The summed E-state index contributed by atoms with van der Waals surface area (Å²) in [5, 5.41) is 2.43. The molecule has 4 aromatic rings. The standard InChI is InChI=1S/C25H23N/c1-3-7-19-12-14-21(15-13-19)22-10-6-11-23(18(22)2)25-24-9-5-4-8-20(24)16-17-26-25/h4-6,8-17H,3,7H2,1-2H3. The number of nitrogens with zero attached hydrogens (tertiary/aromatic N) is 1. The molecule has 0 amide bonds. The molecule has 128 valence electrons. The molecule has 26 heavy (non-hydrogen) atoms. The maximum atomic E-state index is 4.71. The Hall–Kier alpha value is -2.93. The van der Waals surface area contributed by atoms with Gasteiger partial charge in [-0.15, -0.1) is 0 Å². The summed E-state index contributed by atoms with van der Waals surface area (Å²) in [6.45, 7) is 4.42. The smallest absolute Gasteiger partial charge is 0.0783 e. The first-order valence-corrected chi connectivity index (χ1v) is 9.31. The fraction of sp³-hybridized carbons (Fsp3) is 0.160. The summed E-state index contributed by atoms with van der Waals surface area (Å²) < 4.78 is 0. The van der Waals surface area contributed by atoms with Crippen LogP contribution in [-0.4, -0.2) is 4.98 Å². The normalized spacial score (nSPS) is 11.0. The van der Waals surface area contributed by atoms with Crippen molar-refractivity contribution in [2.24, 2.45) is 0 Å². The van der Waals surface area contributed by atoms with Gasteiger partial charge in [0.1, 0.15) is 0 Å². The van der Waals surface area contributed by atoms with Crippen LogP contribution >= 0.6 is 0 Å². The lowest BCUT2D eigenvalue weighted by Crippen LogP contribution is -1.92. The van der Waals surface area contributed by atoms with Crippen molar-refractivity contribution in [3.8, 4) is 22.4 Å². The highest BCUT2D eigenvalue weighted by Crippen LogP contribution is 2.34. The Balaban J connectivity index is 1.83. The van der Waals surface area contributed by atoms with Crippen LogP contribution in [0.5, 0.6) is 0 Å². The molecule has 0 spiro atoms. The number of pyridine rings is 1. The Morgan fingerprint density at radius 2 is 1.54 bits per heavy atom. The highest BCUT2D eigenvalue weighted by atomic mass is 14.7. The van der Waals surface area contributed by atoms with Gasteiger partial charge < -0.3 is 0 Å². The van der Waals surface area contributed by atoms with E-state index in [1.807, 2.05) is 6.20 Å². The molecule has 0 atom stereocenters. The van der Waals surface area contributed by atoms with Gasteiger partial charge in [-0.2, -0.15) is 0 Å². The summed E-state index contributed by atoms with van der Waals surface area (Å²) in [4.78, 5) is 4.71. The van der Waals surface area contributed by atoms with Gasteiger partial charge in [-0.1, -0.05) is 80.1 Å². The molecule has 0 radical (unpaired) electrons. The van der Waals surface area contributed by atoms with Crippen molar-refractivity contribution in [2.75, 3.05) is 0 Å². The highest BCUT2D eigenvalue weighted by Gasteiger charge is 2.11. The quantitative estimate of drug-likeness (QED) is 0.398. The molecule has 0 aliphatic rings. The van der Waals surface area contributed by atoms with Crippen molar-refractivity contribution in [3.63, 3.8) is 0 Å². The van der Waals surface area contributed by atoms with Crippen LogP contribution in [0.25, 0.3) is 33.2 Å². The zero-order valence-corrected chi connectivity index (χ0v) is 15.4. The maximum absolute atomic E-state index is 4.71. The van der Waals surface area contributed by atoms with Gasteiger partial charge in [0.05, 0.1) is 5.69 Å². The van der Waals surface area contributed by atoms with Gasteiger partial charge in [-0.3, -0.25) is 4.98 Å². The molecule has 0 saturated heterocycles. The molecule has 0 saturated carbocycles. The SMILES string of the molecule is CCCc1ccc(-c2cccc(-c3nccc4ccccc34)c2C)cc1. The summed E-state index contributed by atoms with van der Waals surface area (Å²) in [6, 6.07) is 26.1. The van der Waals surface area contributed by atoms with E-state index in [9.17, 15) is 0 Å². The van der Waals surface area contributed by atoms with Crippen LogP contribution in [0.15, 0.2) is 79.0 Å². The first kappa shape index (κ1) is 16.5. The first-order valence-electron chi connectivity index (χ1n) is 9.31. The average Bonchev–Trinajstić information content (AvgIpc) is 2.69. The van der Waals surface area contributed by atoms with Gasteiger partial charge in [-0.05, 0) is 47.1 Å². The van der Waals surface area contributed by atoms with Gasteiger partial charge in [0, 0.05) is 17.1 Å². The fourth-order valence-electron chi connectivity index (χ4n) is 3.68. The average molecular weight is 337 g/mol. The Morgan fingerprint density at radius 3 is 2.35 bits per heavy atom. The number of fused-ring (bicyclic) bond motifs is 1. The van der Waals surface area contributed by atoms with E-state index in [2.05, 4.69) is 86.6 Å². The number of rotatable bonds is 4. The molecular formula is C25H23N. The third-order valence-corrected chi connectivity index (χ3v) is 5.07. The maximum Gasteiger partial charge on any atom is 0.0783 e. The monoisotopic (exact) mass is 337 g/mol. The van der Waals surface area contributed by atoms with Gasteiger partial charge in [0.2, 0.25) is 0 Å². The predicted octanol–water partition coefficient (Wildman–Crippen LogP) is 6.83. The van der Waals surface area contributed by atoms with Gasteiger partial charge in [0.25, 0.3) is 0 Å². The molecule has 0 fully saturated rings. The number of benzene rings is 3. The lowest BCUT2D eigenvalue weighted by molar-refractivity contribution is 0.922. The summed E-state index contributed by atoms with van der Waals surface area (Å²) in [7, 11) is 0. The van der Waals surface area contributed by atoms with E-state index in [-0.39, 0.29) is 0 Å². The number of hydrogen-bond donors (Lipinski definition) is 0. The third-order valence-electron chi connectivity index (χ3n) is 5.07. The van der Waals surface area contributed by atoms with Crippen molar-refractivity contribution in [2.45, 2.75) is 26.7 Å². The number of aryl methyl sites for hydroxylation is 1. The zero-order chi connectivity index (χ0) is 17.9. The molecule has 3 aromatic carbocycles. The van der Waals surface area contributed by atoms with E-state index in [0.717, 1.165) is 12.1 Å². The minimum Gasteiger partial charge on any atom is -0.256 e. The first-order chi connectivity index (χ1) is 12.8. The largest absolute Gasteiger partial charge is 0.256 e. The van der Waals surface area contributed by atoms with Gasteiger partial charge >= 0.3 is 0 Å². The zero-order valence-electron chi connectivity index (χ0n) is 15.4. The summed E-state index contributed by atoms with van der Waals surface area (Å²) in [5.74, 6) is 0. The van der Waals surface area contributed by atoms with Crippen LogP contribution in [0.4, 0.5) is 0 Å². The van der Waals surface area contributed by atoms with Crippen LogP contribution in [0.3, 0.4) is 0 Å². The lowest BCUT2D eigenvalue weighted by atomic mass is 9.92. The van der Waals surface area contributed by atoms with E-state index in [0.29, 0.717) is 0 Å². The second-order valence-electron chi connectivity index (χ2n) is 6.81. The van der Waals surface area contributed by atoms with Crippen molar-refractivity contribution in [3.05, 3.63) is 90.1 Å². The fourth-order valence-corrected chi connectivity index (χ4v) is 3.68.